The van der Waals surface area contributed by atoms with Crippen molar-refractivity contribution in [2.45, 2.75) is 6.18 Å². The van der Waals surface area contributed by atoms with Crippen molar-refractivity contribution in [1.29, 1.82) is 0 Å². The lowest BCUT2D eigenvalue weighted by atomic mass is 10.2. The number of nitrogens with one attached hydrogen (secondary N) is 2. The molecule has 0 unspecified atom stereocenters. The fourth-order valence-corrected chi connectivity index (χ4v) is 1.69. The molecule has 0 radical (unpaired) electrons. The minimum absolute atomic E-state index is 0.103. The van der Waals surface area contributed by atoms with Gasteiger partial charge >= 0.3 is 12.2 Å². The number of hydrogen-bond donors (Lipinski definition) is 2. The number of halogens is 4. The summed E-state index contributed by atoms with van der Waals surface area (Å²) in [4.78, 5) is 23.1. The molecular weight excluding hydrogens is 325 g/mol. The number of amides is 3. The second-order valence-electron chi connectivity index (χ2n) is 4.08. The van der Waals surface area contributed by atoms with E-state index in [0.717, 1.165) is 12.1 Å². The standard InChI is InChI=1S/C13H8ClF3N2O3/c14-8-4-3-7(13(15,16)17)6-9(8)18-12(21)19-11(20)10-2-1-5-22-10/h1-6H,(H2,18,19,20,21). The zero-order valence-corrected chi connectivity index (χ0v) is 11.5. The van der Waals surface area contributed by atoms with Crippen LogP contribution in [0.4, 0.5) is 23.7 Å². The van der Waals surface area contributed by atoms with Gasteiger partial charge in [0.1, 0.15) is 0 Å². The third kappa shape index (κ3) is 3.79. The van der Waals surface area contributed by atoms with Crippen molar-refractivity contribution in [2.75, 3.05) is 5.32 Å². The fourth-order valence-electron chi connectivity index (χ4n) is 1.52. The molecule has 1 aromatic carbocycles. The number of anilines is 1. The molecule has 0 atom stereocenters. The summed E-state index contributed by atoms with van der Waals surface area (Å²) in [5.74, 6) is -0.962. The van der Waals surface area contributed by atoms with Gasteiger partial charge in [0.15, 0.2) is 5.76 Å². The Labute approximate surface area is 127 Å². The maximum atomic E-state index is 12.6. The van der Waals surface area contributed by atoms with Crippen LogP contribution in [-0.4, -0.2) is 11.9 Å². The number of carbonyl (C=O) groups excluding carboxylic acids is 2. The number of hydrogen-bond acceptors (Lipinski definition) is 3. The van der Waals surface area contributed by atoms with E-state index in [-0.39, 0.29) is 16.5 Å². The molecule has 1 heterocycles. The van der Waals surface area contributed by atoms with Crippen molar-refractivity contribution in [3.8, 4) is 0 Å². The van der Waals surface area contributed by atoms with Gasteiger partial charge in [0, 0.05) is 0 Å². The highest BCUT2D eigenvalue weighted by atomic mass is 35.5. The largest absolute Gasteiger partial charge is 0.459 e. The number of benzene rings is 1. The lowest BCUT2D eigenvalue weighted by molar-refractivity contribution is -0.137. The molecule has 0 saturated carbocycles. The molecule has 2 rings (SSSR count). The maximum absolute atomic E-state index is 12.6. The second kappa shape index (κ2) is 6.10. The van der Waals surface area contributed by atoms with Crippen LogP contribution < -0.4 is 10.6 Å². The van der Waals surface area contributed by atoms with Crippen LogP contribution in [-0.2, 0) is 6.18 Å². The summed E-state index contributed by atoms with van der Waals surface area (Å²) in [5.41, 5.74) is -1.26. The molecule has 0 spiro atoms. The van der Waals surface area contributed by atoms with Crippen LogP contribution in [0.3, 0.4) is 0 Å². The van der Waals surface area contributed by atoms with Gasteiger partial charge in [0.05, 0.1) is 22.5 Å². The molecule has 5 nitrogen and oxygen atoms in total. The van der Waals surface area contributed by atoms with Crippen molar-refractivity contribution >= 4 is 29.2 Å². The Morgan fingerprint density at radius 3 is 2.50 bits per heavy atom. The first-order chi connectivity index (χ1) is 10.3. The second-order valence-corrected chi connectivity index (χ2v) is 4.49. The van der Waals surface area contributed by atoms with Crippen LogP contribution >= 0.6 is 11.6 Å². The van der Waals surface area contributed by atoms with E-state index in [4.69, 9.17) is 16.0 Å². The molecule has 0 aliphatic rings. The van der Waals surface area contributed by atoms with Crippen molar-refractivity contribution in [3.63, 3.8) is 0 Å². The third-order valence-electron chi connectivity index (χ3n) is 2.51. The molecule has 116 valence electrons. The fraction of sp³-hybridized carbons (Fsp3) is 0.0769. The minimum Gasteiger partial charge on any atom is -0.459 e. The quantitative estimate of drug-likeness (QED) is 0.875. The van der Waals surface area contributed by atoms with Crippen molar-refractivity contribution in [1.82, 2.24) is 5.32 Å². The maximum Gasteiger partial charge on any atom is 0.416 e. The number of alkyl halides is 3. The first-order valence-electron chi connectivity index (χ1n) is 5.80. The summed E-state index contributed by atoms with van der Waals surface area (Å²) in [5, 5.41) is 3.86. The smallest absolute Gasteiger partial charge is 0.416 e. The number of urea groups is 1. The van der Waals surface area contributed by atoms with E-state index in [1.165, 1.54) is 18.4 Å². The molecule has 0 fully saturated rings. The van der Waals surface area contributed by atoms with E-state index in [9.17, 15) is 22.8 Å². The van der Waals surface area contributed by atoms with Crippen LogP contribution in [0, 0.1) is 0 Å². The van der Waals surface area contributed by atoms with Gasteiger partial charge in [-0.25, -0.2) is 4.79 Å². The van der Waals surface area contributed by atoms with Crippen LogP contribution in [0.2, 0.25) is 5.02 Å². The Bertz CT molecular complexity index is 699. The van der Waals surface area contributed by atoms with Gasteiger partial charge in [-0.15, -0.1) is 0 Å². The van der Waals surface area contributed by atoms with Gasteiger partial charge in [-0.1, -0.05) is 11.6 Å². The van der Waals surface area contributed by atoms with Gasteiger partial charge in [-0.2, -0.15) is 13.2 Å². The van der Waals surface area contributed by atoms with Gasteiger partial charge < -0.3 is 9.73 Å². The Balaban J connectivity index is 2.10. The summed E-state index contributed by atoms with van der Waals surface area (Å²) >= 11 is 5.71. The highest BCUT2D eigenvalue weighted by molar-refractivity contribution is 6.33. The lowest BCUT2D eigenvalue weighted by Gasteiger charge is -2.11. The molecule has 2 N–H and O–H groups in total. The lowest BCUT2D eigenvalue weighted by Crippen LogP contribution is -2.34. The monoisotopic (exact) mass is 332 g/mol. The van der Waals surface area contributed by atoms with Gasteiger partial charge in [0.25, 0.3) is 5.91 Å². The Kier molecular flexibility index (Phi) is 4.41. The molecule has 0 saturated heterocycles. The molecule has 0 aliphatic carbocycles. The molecule has 3 amide bonds. The summed E-state index contributed by atoms with van der Waals surface area (Å²) in [6.45, 7) is 0. The average molecular weight is 333 g/mol. The normalized spacial score (nSPS) is 11.1. The zero-order chi connectivity index (χ0) is 16.3. The van der Waals surface area contributed by atoms with E-state index < -0.39 is 23.7 Å². The average Bonchev–Trinajstić information content (AvgIpc) is 2.94. The van der Waals surface area contributed by atoms with Crippen LogP contribution in [0.25, 0.3) is 0 Å². The molecule has 0 bridgehead atoms. The van der Waals surface area contributed by atoms with Crippen molar-refractivity contribution in [2.24, 2.45) is 0 Å². The topological polar surface area (TPSA) is 71.3 Å². The van der Waals surface area contributed by atoms with E-state index in [1.807, 2.05) is 5.32 Å². The summed E-state index contributed by atoms with van der Waals surface area (Å²) in [6, 6.07) is 4.16. The first-order valence-corrected chi connectivity index (χ1v) is 6.18. The zero-order valence-electron chi connectivity index (χ0n) is 10.7. The van der Waals surface area contributed by atoms with Crippen LogP contribution in [0.1, 0.15) is 16.1 Å². The van der Waals surface area contributed by atoms with Gasteiger partial charge in [-0.3, -0.25) is 10.1 Å². The third-order valence-corrected chi connectivity index (χ3v) is 2.84. The van der Waals surface area contributed by atoms with Gasteiger partial charge in [0.2, 0.25) is 0 Å². The predicted octanol–water partition coefficient (Wildman–Crippen LogP) is 3.91. The Morgan fingerprint density at radius 1 is 1.18 bits per heavy atom. The number of rotatable bonds is 2. The van der Waals surface area contributed by atoms with E-state index in [1.54, 1.807) is 0 Å². The molecule has 9 heteroatoms. The molecule has 2 aromatic rings. The Morgan fingerprint density at radius 2 is 1.91 bits per heavy atom. The molecule has 22 heavy (non-hydrogen) atoms. The first kappa shape index (κ1) is 15.9. The van der Waals surface area contributed by atoms with Crippen LogP contribution in [0.15, 0.2) is 41.0 Å². The Hall–Kier alpha value is -2.48. The predicted molar refractivity (Wildman–Crippen MR) is 71.6 cm³/mol. The van der Waals surface area contributed by atoms with Crippen molar-refractivity contribution in [3.05, 3.63) is 52.9 Å². The van der Waals surface area contributed by atoms with Crippen LogP contribution in [0.5, 0.6) is 0 Å². The number of carbonyl (C=O) groups is 2. The van der Waals surface area contributed by atoms with E-state index in [0.29, 0.717) is 6.07 Å². The SMILES string of the molecule is O=C(NC(=O)c1ccco1)Nc1cc(C(F)(F)F)ccc1Cl. The number of furan rings is 1. The summed E-state index contributed by atoms with van der Waals surface area (Å²) in [6.07, 6.45) is -3.35. The summed E-state index contributed by atoms with van der Waals surface area (Å²) in [7, 11) is 0. The summed E-state index contributed by atoms with van der Waals surface area (Å²) < 4.78 is 42.6. The molecule has 0 aliphatic heterocycles. The molecule has 1 aromatic heterocycles. The highest BCUT2D eigenvalue weighted by Gasteiger charge is 2.31. The molecular formula is C13H8ClF3N2O3. The number of imide groups is 1. The van der Waals surface area contributed by atoms with E-state index >= 15 is 0 Å². The van der Waals surface area contributed by atoms with E-state index in [2.05, 4.69) is 5.32 Å². The van der Waals surface area contributed by atoms with Gasteiger partial charge in [-0.05, 0) is 30.3 Å². The minimum atomic E-state index is -4.58. The highest BCUT2D eigenvalue weighted by Crippen LogP contribution is 2.33. The van der Waals surface area contributed by atoms with Crippen molar-refractivity contribution < 1.29 is 27.2 Å².